The highest BCUT2D eigenvalue weighted by Gasteiger charge is 2.25. The molecular weight excluding hydrogens is 358 g/mol. The molecule has 2 N–H and O–H groups in total. The van der Waals surface area contributed by atoms with Gasteiger partial charge in [0.15, 0.2) is 0 Å². The van der Waals surface area contributed by atoms with Crippen molar-refractivity contribution in [3.8, 4) is 5.75 Å². The molecule has 0 bridgehead atoms. The summed E-state index contributed by atoms with van der Waals surface area (Å²) < 4.78 is 16.7. The Morgan fingerprint density at radius 2 is 2.00 bits per heavy atom. The van der Waals surface area contributed by atoms with E-state index in [1.165, 1.54) is 0 Å². The van der Waals surface area contributed by atoms with E-state index in [0.29, 0.717) is 26.4 Å². The molecule has 1 aromatic carbocycles. The standard InChI is InChI=1S/C21H29N3O4/c1-2-3-12-27-18-8-6-17(7-9-18)23-21(25)22-16-19(20-5-4-13-28-20)24-10-14-26-15-11-24/h4-9,13,19H,2-3,10-12,14-16H2,1H3,(H2,22,23,25). The molecule has 7 nitrogen and oxygen atoms in total. The molecule has 0 radical (unpaired) electrons. The minimum absolute atomic E-state index is 0.0148. The highest BCUT2D eigenvalue weighted by molar-refractivity contribution is 5.89. The van der Waals surface area contributed by atoms with Gasteiger partial charge in [0.1, 0.15) is 11.5 Å². The van der Waals surface area contributed by atoms with Crippen LogP contribution in [0.3, 0.4) is 0 Å². The second kappa shape index (κ2) is 10.7. The highest BCUT2D eigenvalue weighted by atomic mass is 16.5. The zero-order chi connectivity index (χ0) is 19.6. The molecule has 1 aromatic heterocycles. The monoisotopic (exact) mass is 387 g/mol. The maximum absolute atomic E-state index is 12.3. The number of anilines is 1. The van der Waals surface area contributed by atoms with Crippen molar-refractivity contribution in [1.29, 1.82) is 0 Å². The van der Waals surface area contributed by atoms with E-state index in [1.807, 2.05) is 36.4 Å². The number of carbonyl (C=O) groups excluding carboxylic acids is 1. The normalized spacial score (nSPS) is 15.8. The molecule has 0 spiro atoms. The maximum Gasteiger partial charge on any atom is 0.319 e. The lowest BCUT2D eigenvalue weighted by molar-refractivity contribution is 0.0124. The first-order valence-corrected chi connectivity index (χ1v) is 9.89. The van der Waals surface area contributed by atoms with Crippen LogP contribution >= 0.6 is 0 Å². The fourth-order valence-electron chi connectivity index (χ4n) is 3.11. The van der Waals surface area contributed by atoms with Crippen molar-refractivity contribution in [1.82, 2.24) is 10.2 Å². The molecule has 1 aliphatic heterocycles. The van der Waals surface area contributed by atoms with Gasteiger partial charge < -0.3 is 24.5 Å². The van der Waals surface area contributed by atoms with Gasteiger partial charge in [-0.2, -0.15) is 0 Å². The van der Waals surface area contributed by atoms with Gasteiger partial charge in [0.25, 0.3) is 0 Å². The second-order valence-electron chi connectivity index (χ2n) is 6.74. The van der Waals surface area contributed by atoms with Gasteiger partial charge in [-0.05, 0) is 42.8 Å². The van der Waals surface area contributed by atoms with Gasteiger partial charge in [-0.3, -0.25) is 4.90 Å². The summed E-state index contributed by atoms with van der Waals surface area (Å²) in [4.78, 5) is 14.6. The van der Waals surface area contributed by atoms with E-state index < -0.39 is 0 Å². The van der Waals surface area contributed by atoms with Crippen molar-refractivity contribution in [2.24, 2.45) is 0 Å². The number of furan rings is 1. The van der Waals surface area contributed by atoms with Crippen molar-refractivity contribution in [3.63, 3.8) is 0 Å². The Bertz CT molecular complexity index is 697. The SMILES string of the molecule is CCCCOc1ccc(NC(=O)NCC(c2ccco2)N2CCOCC2)cc1. The van der Waals surface area contributed by atoms with Crippen molar-refractivity contribution < 1.29 is 18.7 Å². The summed E-state index contributed by atoms with van der Waals surface area (Å²) in [5.41, 5.74) is 0.723. The first-order chi connectivity index (χ1) is 13.8. The predicted molar refractivity (Wildman–Crippen MR) is 108 cm³/mol. The molecule has 0 saturated carbocycles. The number of nitrogens with one attached hydrogen (secondary N) is 2. The summed E-state index contributed by atoms with van der Waals surface area (Å²) in [5.74, 6) is 1.65. The highest BCUT2D eigenvalue weighted by Crippen LogP contribution is 2.22. The number of unbranched alkanes of at least 4 members (excludes halogenated alkanes) is 1. The molecule has 28 heavy (non-hydrogen) atoms. The predicted octanol–water partition coefficient (Wildman–Crippen LogP) is 3.65. The van der Waals surface area contributed by atoms with Crippen molar-refractivity contribution >= 4 is 11.7 Å². The summed E-state index contributed by atoms with van der Waals surface area (Å²) in [5, 5.41) is 5.81. The number of ether oxygens (including phenoxy) is 2. The van der Waals surface area contributed by atoms with Crippen LogP contribution in [0.5, 0.6) is 5.75 Å². The first-order valence-electron chi connectivity index (χ1n) is 9.89. The average molecular weight is 387 g/mol. The van der Waals surface area contributed by atoms with Crippen LogP contribution < -0.4 is 15.4 Å². The van der Waals surface area contributed by atoms with Crippen molar-refractivity contribution in [3.05, 3.63) is 48.4 Å². The van der Waals surface area contributed by atoms with Gasteiger partial charge in [0, 0.05) is 25.3 Å². The summed E-state index contributed by atoms with van der Waals surface area (Å²) in [7, 11) is 0. The van der Waals surface area contributed by atoms with Gasteiger partial charge in [0.2, 0.25) is 0 Å². The zero-order valence-electron chi connectivity index (χ0n) is 16.4. The molecule has 1 aliphatic rings. The number of benzene rings is 1. The smallest absolute Gasteiger partial charge is 0.319 e. The molecule has 2 heterocycles. The van der Waals surface area contributed by atoms with Crippen LogP contribution in [0.15, 0.2) is 47.1 Å². The number of carbonyl (C=O) groups is 1. The fourth-order valence-corrected chi connectivity index (χ4v) is 3.11. The number of morpholine rings is 1. The molecule has 1 unspecified atom stereocenters. The second-order valence-corrected chi connectivity index (χ2v) is 6.74. The van der Waals surface area contributed by atoms with Gasteiger partial charge in [-0.25, -0.2) is 4.79 Å². The molecule has 3 rings (SSSR count). The Morgan fingerprint density at radius 3 is 2.68 bits per heavy atom. The number of amides is 2. The van der Waals surface area contributed by atoms with E-state index in [2.05, 4.69) is 22.5 Å². The lowest BCUT2D eigenvalue weighted by atomic mass is 10.1. The third-order valence-corrected chi connectivity index (χ3v) is 4.69. The van der Waals surface area contributed by atoms with Gasteiger partial charge in [-0.1, -0.05) is 13.3 Å². The quantitative estimate of drug-likeness (QED) is 0.642. The van der Waals surface area contributed by atoms with Crippen LogP contribution in [0.2, 0.25) is 0 Å². The summed E-state index contributed by atoms with van der Waals surface area (Å²) in [6.07, 6.45) is 3.79. The van der Waals surface area contributed by atoms with Crippen LogP contribution in [-0.4, -0.2) is 50.4 Å². The summed E-state index contributed by atoms with van der Waals surface area (Å²) in [6.45, 7) is 6.30. The van der Waals surface area contributed by atoms with Crippen LogP contribution in [0, 0.1) is 0 Å². The zero-order valence-corrected chi connectivity index (χ0v) is 16.4. The van der Waals surface area contributed by atoms with E-state index >= 15 is 0 Å². The summed E-state index contributed by atoms with van der Waals surface area (Å²) in [6, 6.07) is 11.0. The minimum atomic E-state index is -0.246. The molecule has 0 aliphatic carbocycles. The first kappa shape index (κ1) is 20.2. The number of hydrogen-bond acceptors (Lipinski definition) is 5. The molecule has 2 aromatic rings. The Hall–Kier alpha value is -2.51. The molecule has 152 valence electrons. The topological polar surface area (TPSA) is 76.0 Å². The van der Waals surface area contributed by atoms with E-state index in [-0.39, 0.29) is 12.1 Å². The van der Waals surface area contributed by atoms with E-state index in [4.69, 9.17) is 13.9 Å². The molecular formula is C21H29N3O4. The molecule has 2 amide bonds. The van der Waals surface area contributed by atoms with Gasteiger partial charge >= 0.3 is 6.03 Å². The Labute approximate surface area is 166 Å². The van der Waals surface area contributed by atoms with Gasteiger partial charge in [-0.15, -0.1) is 0 Å². The maximum atomic E-state index is 12.3. The third kappa shape index (κ3) is 6.00. The number of rotatable bonds is 9. The molecule has 7 heteroatoms. The van der Waals surface area contributed by atoms with Crippen LogP contribution in [0.25, 0.3) is 0 Å². The van der Waals surface area contributed by atoms with Crippen molar-refractivity contribution in [2.45, 2.75) is 25.8 Å². The largest absolute Gasteiger partial charge is 0.494 e. The molecule has 1 fully saturated rings. The lowest BCUT2D eigenvalue weighted by Crippen LogP contribution is -2.44. The minimum Gasteiger partial charge on any atom is -0.494 e. The van der Waals surface area contributed by atoms with Gasteiger partial charge in [0.05, 0.1) is 32.1 Å². The van der Waals surface area contributed by atoms with E-state index in [9.17, 15) is 4.79 Å². The Morgan fingerprint density at radius 1 is 1.21 bits per heavy atom. The Kier molecular flexibility index (Phi) is 7.75. The number of nitrogens with zero attached hydrogens (tertiary/aromatic N) is 1. The third-order valence-electron chi connectivity index (χ3n) is 4.69. The molecule has 1 saturated heterocycles. The van der Waals surface area contributed by atoms with Crippen LogP contribution in [0.1, 0.15) is 31.6 Å². The van der Waals surface area contributed by atoms with Crippen LogP contribution in [-0.2, 0) is 4.74 Å². The number of urea groups is 1. The molecule has 1 atom stereocenters. The van der Waals surface area contributed by atoms with E-state index in [1.54, 1.807) is 6.26 Å². The van der Waals surface area contributed by atoms with Crippen LogP contribution in [0.4, 0.5) is 10.5 Å². The van der Waals surface area contributed by atoms with Crippen molar-refractivity contribution in [2.75, 3.05) is 44.8 Å². The summed E-state index contributed by atoms with van der Waals surface area (Å²) >= 11 is 0. The fraction of sp³-hybridized carbons (Fsp3) is 0.476. The van der Waals surface area contributed by atoms with E-state index in [0.717, 1.165) is 43.1 Å². The lowest BCUT2D eigenvalue weighted by Gasteiger charge is -2.33. The number of hydrogen-bond donors (Lipinski definition) is 2. The average Bonchev–Trinajstić information content (AvgIpc) is 3.25. The Balaban J connectivity index is 1.50.